The quantitative estimate of drug-likeness (QED) is 0.665. The Hall–Kier alpha value is -3.34. The summed E-state index contributed by atoms with van der Waals surface area (Å²) in [6, 6.07) is 15.8. The van der Waals surface area contributed by atoms with Gasteiger partial charge in [-0.15, -0.1) is 0 Å². The van der Waals surface area contributed by atoms with E-state index in [4.69, 9.17) is 9.15 Å². The molecule has 0 saturated carbocycles. The summed E-state index contributed by atoms with van der Waals surface area (Å²) in [6.07, 6.45) is 2.46. The number of ketones is 1. The molecule has 2 aromatic carbocycles. The fraction of sp³-hybridized carbons (Fsp3) is 0.182. The Kier molecular flexibility index (Phi) is 4.50. The maximum atomic E-state index is 12.8. The summed E-state index contributed by atoms with van der Waals surface area (Å²) in [7, 11) is 1.54. The van der Waals surface area contributed by atoms with Crippen LogP contribution in [0.2, 0.25) is 0 Å². The van der Waals surface area contributed by atoms with Gasteiger partial charge in [0.15, 0.2) is 5.78 Å². The minimum atomic E-state index is -0.135. The van der Waals surface area contributed by atoms with Crippen molar-refractivity contribution >= 4 is 11.7 Å². The Balaban J connectivity index is 1.52. The first-order valence-electron chi connectivity index (χ1n) is 8.79. The molecule has 2 heterocycles. The lowest BCUT2D eigenvalue weighted by Gasteiger charge is -2.26. The van der Waals surface area contributed by atoms with Crippen LogP contribution in [0.4, 0.5) is 0 Å². The van der Waals surface area contributed by atoms with Crippen molar-refractivity contribution < 1.29 is 18.7 Å². The van der Waals surface area contributed by atoms with Crippen molar-refractivity contribution in [3.05, 3.63) is 88.9 Å². The maximum Gasteiger partial charge on any atom is 0.254 e. The highest BCUT2D eigenvalue weighted by Gasteiger charge is 2.24. The molecule has 5 heteroatoms. The normalized spacial score (nSPS) is 13.1. The first-order chi connectivity index (χ1) is 13.2. The molecule has 3 aromatic rings. The van der Waals surface area contributed by atoms with Gasteiger partial charge in [-0.05, 0) is 42.3 Å². The molecule has 0 N–H and O–H groups in total. The fourth-order valence-electron chi connectivity index (χ4n) is 3.34. The zero-order valence-electron chi connectivity index (χ0n) is 15.0. The van der Waals surface area contributed by atoms with Gasteiger partial charge in [-0.25, -0.2) is 0 Å². The summed E-state index contributed by atoms with van der Waals surface area (Å²) in [5.41, 5.74) is 2.74. The molecule has 5 nitrogen and oxygen atoms in total. The van der Waals surface area contributed by atoms with Crippen LogP contribution < -0.4 is 4.74 Å². The highest BCUT2D eigenvalue weighted by molar-refractivity contribution is 6.11. The Morgan fingerprint density at radius 1 is 1.00 bits per heavy atom. The smallest absolute Gasteiger partial charge is 0.254 e. The summed E-state index contributed by atoms with van der Waals surface area (Å²) < 4.78 is 10.7. The molecule has 0 spiro atoms. The largest absolute Gasteiger partial charge is 0.496 e. The highest BCUT2D eigenvalue weighted by Crippen LogP contribution is 2.23. The summed E-state index contributed by atoms with van der Waals surface area (Å²) >= 11 is 0. The molecule has 0 radical (unpaired) electrons. The molecule has 0 aliphatic carbocycles. The first-order valence-corrected chi connectivity index (χ1v) is 8.79. The van der Waals surface area contributed by atoms with Gasteiger partial charge in [-0.3, -0.25) is 9.59 Å². The van der Waals surface area contributed by atoms with Crippen molar-refractivity contribution in [1.82, 2.24) is 4.90 Å². The number of nitrogens with zero attached hydrogens (tertiary/aromatic N) is 1. The number of fused-ring (bicyclic) bond motifs is 1. The van der Waals surface area contributed by atoms with Crippen LogP contribution in [-0.4, -0.2) is 30.2 Å². The number of furan rings is 1. The predicted octanol–water partition coefficient (Wildman–Crippen LogP) is 3.72. The topological polar surface area (TPSA) is 59.8 Å². The molecule has 27 heavy (non-hydrogen) atoms. The van der Waals surface area contributed by atoms with Gasteiger partial charge in [-0.2, -0.15) is 0 Å². The monoisotopic (exact) mass is 361 g/mol. The lowest BCUT2D eigenvalue weighted by molar-refractivity contribution is 0.0719. The minimum absolute atomic E-state index is 0.0617. The van der Waals surface area contributed by atoms with Crippen LogP contribution in [0.1, 0.15) is 37.6 Å². The Labute approximate surface area is 157 Å². The number of methoxy groups -OCH3 is 1. The number of ether oxygens (including phenoxy) is 1. The van der Waals surface area contributed by atoms with E-state index >= 15 is 0 Å². The third kappa shape index (κ3) is 3.24. The van der Waals surface area contributed by atoms with Crippen LogP contribution in [0, 0.1) is 0 Å². The molecule has 0 fully saturated rings. The van der Waals surface area contributed by atoms with Crippen molar-refractivity contribution in [3.8, 4) is 5.75 Å². The number of carbonyl (C=O) groups excluding carboxylic acids is 2. The molecular formula is C22H19NO4. The molecule has 1 aliphatic heterocycles. The number of carbonyl (C=O) groups is 2. The van der Waals surface area contributed by atoms with Crippen molar-refractivity contribution in [2.45, 2.75) is 13.0 Å². The first kappa shape index (κ1) is 17.1. The predicted molar refractivity (Wildman–Crippen MR) is 100 cm³/mol. The summed E-state index contributed by atoms with van der Waals surface area (Å²) in [5.74, 6) is 1.18. The van der Waals surface area contributed by atoms with E-state index in [9.17, 15) is 9.59 Å². The number of rotatable bonds is 4. The standard InChI is InChI=1S/C22H19NO4/c1-26-19-5-3-2-4-18(19)21(24)16-6-8-17(9-7-16)22(25)23-12-10-15-11-13-27-20(15)14-23/h2-9,11,13H,10,12,14H2,1H3. The summed E-state index contributed by atoms with van der Waals surface area (Å²) in [6.45, 7) is 1.14. The fourth-order valence-corrected chi connectivity index (χ4v) is 3.34. The van der Waals surface area contributed by atoms with E-state index in [1.165, 1.54) is 7.11 Å². The van der Waals surface area contributed by atoms with Gasteiger partial charge in [0.2, 0.25) is 0 Å². The van der Waals surface area contributed by atoms with Crippen LogP contribution in [0.3, 0.4) is 0 Å². The maximum absolute atomic E-state index is 12.8. The van der Waals surface area contributed by atoms with Crippen LogP contribution in [0.25, 0.3) is 0 Å². The third-order valence-corrected chi connectivity index (χ3v) is 4.86. The zero-order valence-corrected chi connectivity index (χ0v) is 15.0. The van der Waals surface area contributed by atoms with E-state index in [0.29, 0.717) is 35.5 Å². The molecule has 1 aromatic heterocycles. The second-order valence-electron chi connectivity index (χ2n) is 6.45. The third-order valence-electron chi connectivity index (χ3n) is 4.86. The molecule has 0 atom stereocenters. The van der Waals surface area contributed by atoms with Gasteiger partial charge in [-0.1, -0.05) is 24.3 Å². The lowest BCUT2D eigenvalue weighted by atomic mass is 10.0. The lowest BCUT2D eigenvalue weighted by Crippen LogP contribution is -2.35. The van der Waals surface area contributed by atoms with E-state index in [1.807, 2.05) is 12.1 Å². The van der Waals surface area contributed by atoms with E-state index in [0.717, 1.165) is 17.7 Å². The SMILES string of the molecule is COc1ccccc1C(=O)c1ccc(C(=O)N2CCc3ccoc3C2)cc1. The van der Waals surface area contributed by atoms with E-state index in [2.05, 4.69) is 0 Å². The van der Waals surface area contributed by atoms with Gasteiger partial charge >= 0.3 is 0 Å². The van der Waals surface area contributed by atoms with E-state index in [1.54, 1.807) is 53.6 Å². The number of amides is 1. The second-order valence-corrected chi connectivity index (χ2v) is 6.45. The molecule has 4 rings (SSSR count). The van der Waals surface area contributed by atoms with Crippen molar-refractivity contribution in [3.63, 3.8) is 0 Å². The molecule has 0 saturated heterocycles. The van der Waals surface area contributed by atoms with Crippen LogP contribution >= 0.6 is 0 Å². The van der Waals surface area contributed by atoms with Crippen molar-refractivity contribution in [2.24, 2.45) is 0 Å². The zero-order chi connectivity index (χ0) is 18.8. The van der Waals surface area contributed by atoms with Gasteiger partial charge in [0.05, 0.1) is 25.5 Å². The van der Waals surface area contributed by atoms with Crippen LogP contribution in [-0.2, 0) is 13.0 Å². The van der Waals surface area contributed by atoms with E-state index < -0.39 is 0 Å². The Morgan fingerprint density at radius 2 is 1.74 bits per heavy atom. The molecular weight excluding hydrogens is 342 g/mol. The molecule has 136 valence electrons. The Morgan fingerprint density at radius 3 is 2.52 bits per heavy atom. The minimum Gasteiger partial charge on any atom is -0.496 e. The number of hydrogen-bond acceptors (Lipinski definition) is 4. The van der Waals surface area contributed by atoms with Crippen molar-refractivity contribution in [1.29, 1.82) is 0 Å². The van der Waals surface area contributed by atoms with Crippen LogP contribution in [0.15, 0.2) is 65.3 Å². The number of hydrogen-bond donors (Lipinski definition) is 0. The van der Waals surface area contributed by atoms with Gasteiger partial charge in [0.25, 0.3) is 5.91 Å². The number of benzene rings is 2. The van der Waals surface area contributed by atoms with Gasteiger partial charge in [0, 0.05) is 17.7 Å². The Bertz CT molecular complexity index is 988. The molecule has 1 aliphatic rings. The number of para-hydroxylation sites is 1. The van der Waals surface area contributed by atoms with Gasteiger partial charge < -0.3 is 14.1 Å². The average molecular weight is 361 g/mol. The highest BCUT2D eigenvalue weighted by atomic mass is 16.5. The van der Waals surface area contributed by atoms with E-state index in [-0.39, 0.29) is 11.7 Å². The summed E-state index contributed by atoms with van der Waals surface area (Å²) in [5, 5.41) is 0. The molecule has 1 amide bonds. The van der Waals surface area contributed by atoms with Crippen LogP contribution in [0.5, 0.6) is 5.75 Å². The molecule has 0 unspecified atom stereocenters. The average Bonchev–Trinajstić information content (AvgIpc) is 3.20. The van der Waals surface area contributed by atoms with Gasteiger partial charge in [0.1, 0.15) is 11.5 Å². The van der Waals surface area contributed by atoms with Crippen molar-refractivity contribution in [2.75, 3.05) is 13.7 Å². The summed E-state index contributed by atoms with van der Waals surface area (Å²) in [4.78, 5) is 27.3. The second kappa shape index (κ2) is 7.11. The molecule has 0 bridgehead atoms.